The van der Waals surface area contributed by atoms with Crippen molar-refractivity contribution in [2.24, 2.45) is 5.92 Å². The van der Waals surface area contributed by atoms with Gasteiger partial charge in [-0.15, -0.1) is 0 Å². The Morgan fingerprint density at radius 1 is 1.12 bits per heavy atom. The van der Waals surface area contributed by atoms with E-state index in [0.717, 1.165) is 24.8 Å². The fraction of sp³-hybridized carbons (Fsp3) is 0.600. The summed E-state index contributed by atoms with van der Waals surface area (Å²) >= 11 is 5.59. The molecule has 2 atom stereocenters. The van der Waals surface area contributed by atoms with Crippen molar-refractivity contribution >= 4 is 18.5 Å². The molecule has 0 aliphatic carbocycles. The van der Waals surface area contributed by atoms with E-state index in [1.165, 1.54) is 5.57 Å². The van der Waals surface area contributed by atoms with E-state index in [1.54, 1.807) is 0 Å². The molecule has 0 saturated carbocycles. The Morgan fingerprint density at radius 2 is 1.72 bits per heavy atom. The standard InChI is InChI=1S/C20H33O3PS/c1-6-21-24(25,22-7-2)23-20(19-14-9-8-10-15-19)16-18(5)13-11-12-17(3)4/h8-10,12,14-15,18,20H,6-7,11,13,16H2,1-5H3. The van der Waals surface area contributed by atoms with Gasteiger partial charge in [0.05, 0.1) is 19.3 Å². The molecule has 1 aromatic carbocycles. The first kappa shape index (κ1) is 22.5. The molecule has 0 amide bonds. The first-order chi connectivity index (χ1) is 11.9. The molecule has 25 heavy (non-hydrogen) atoms. The van der Waals surface area contributed by atoms with E-state index in [-0.39, 0.29) is 6.10 Å². The van der Waals surface area contributed by atoms with Gasteiger partial charge in [-0.25, -0.2) is 0 Å². The molecule has 2 unspecified atom stereocenters. The summed E-state index contributed by atoms with van der Waals surface area (Å²) < 4.78 is 17.6. The molecule has 0 fully saturated rings. The van der Waals surface area contributed by atoms with E-state index in [0.29, 0.717) is 19.1 Å². The summed E-state index contributed by atoms with van der Waals surface area (Å²) in [4.78, 5) is 0. The van der Waals surface area contributed by atoms with Crippen LogP contribution in [0.4, 0.5) is 0 Å². The zero-order valence-electron chi connectivity index (χ0n) is 16.2. The third-order valence-electron chi connectivity index (χ3n) is 3.83. The Bertz CT molecular complexity index is 545. The monoisotopic (exact) mass is 384 g/mol. The quantitative estimate of drug-likeness (QED) is 0.292. The third-order valence-corrected chi connectivity index (χ3v) is 6.38. The van der Waals surface area contributed by atoms with E-state index in [2.05, 4.69) is 39.0 Å². The first-order valence-corrected chi connectivity index (χ1v) is 11.7. The van der Waals surface area contributed by atoms with Crippen molar-refractivity contribution in [2.45, 2.75) is 60.0 Å². The molecule has 0 heterocycles. The summed E-state index contributed by atoms with van der Waals surface area (Å²) in [7, 11) is 0. The van der Waals surface area contributed by atoms with Crippen molar-refractivity contribution in [1.29, 1.82) is 0 Å². The molecule has 1 aromatic rings. The molecule has 142 valence electrons. The van der Waals surface area contributed by atoms with Crippen molar-refractivity contribution in [3.8, 4) is 0 Å². The van der Waals surface area contributed by atoms with Gasteiger partial charge in [0.15, 0.2) is 0 Å². The van der Waals surface area contributed by atoms with Crippen molar-refractivity contribution < 1.29 is 13.6 Å². The van der Waals surface area contributed by atoms with Gasteiger partial charge in [-0.05, 0) is 70.2 Å². The van der Waals surface area contributed by atoms with Gasteiger partial charge >= 0.3 is 6.72 Å². The molecule has 0 radical (unpaired) electrons. The second-order valence-corrected chi connectivity index (χ2v) is 9.45. The smallest absolute Gasteiger partial charge is 0.309 e. The zero-order chi connectivity index (χ0) is 18.7. The highest BCUT2D eigenvalue weighted by molar-refractivity contribution is 8.07. The van der Waals surface area contributed by atoms with Crippen molar-refractivity contribution in [1.82, 2.24) is 0 Å². The number of hydrogen-bond acceptors (Lipinski definition) is 4. The van der Waals surface area contributed by atoms with Gasteiger partial charge in [-0.2, -0.15) is 0 Å². The summed E-state index contributed by atoms with van der Waals surface area (Å²) in [5.41, 5.74) is 2.50. The van der Waals surface area contributed by atoms with Crippen LogP contribution in [0.15, 0.2) is 42.0 Å². The summed E-state index contributed by atoms with van der Waals surface area (Å²) in [5.74, 6) is 0.521. The summed E-state index contributed by atoms with van der Waals surface area (Å²) in [6, 6.07) is 10.3. The molecule has 0 saturated heterocycles. The van der Waals surface area contributed by atoms with Crippen LogP contribution in [0, 0.1) is 5.92 Å². The number of hydrogen-bond donors (Lipinski definition) is 0. The summed E-state index contributed by atoms with van der Waals surface area (Å²) in [6.45, 7) is 8.66. The zero-order valence-corrected chi connectivity index (χ0v) is 17.9. The fourth-order valence-corrected chi connectivity index (χ4v) is 4.91. The maximum Gasteiger partial charge on any atom is 0.327 e. The molecular weight excluding hydrogens is 351 g/mol. The van der Waals surface area contributed by atoms with Crippen LogP contribution in [-0.2, 0) is 25.4 Å². The largest absolute Gasteiger partial charge is 0.327 e. The highest BCUT2D eigenvalue weighted by Gasteiger charge is 2.27. The summed E-state index contributed by atoms with van der Waals surface area (Å²) in [6.07, 6.45) is 5.31. The van der Waals surface area contributed by atoms with E-state index in [9.17, 15) is 0 Å². The second kappa shape index (κ2) is 12.0. The minimum Gasteiger partial charge on any atom is -0.309 e. The van der Waals surface area contributed by atoms with Gasteiger partial charge in [-0.1, -0.05) is 48.9 Å². The Balaban J connectivity index is 2.86. The van der Waals surface area contributed by atoms with Crippen LogP contribution in [0.2, 0.25) is 0 Å². The fourth-order valence-electron chi connectivity index (χ4n) is 2.62. The lowest BCUT2D eigenvalue weighted by atomic mass is 9.94. The highest BCUT2D eigenvalue weighted by Crippen LogP contribution is 2.54. The van der Waals surface area contributed by atoms with Crippen LogP contribution in [0.25, 0.3) is 0 Å². The molecular formula is C20H33O3PS. The van der Waals surface area contributed by atoms with Crippen molar-refractivity contribution in [3.63, 3.8) is 0 Å². The molecule has 0 bridgehead atoms. The first-order valence-electron chi connectivity index (χ1n) is 9.16. The minimum absolute atomic E-state index is 0.105. The molecule has 0 aliphatic heterocycles. The molecule has 1 rings (SSSR count). The van der Waals surface area contributed by atoms with Crippen molar-refractivity contribution in [3.05, 3.63) is 47.5 Å². The molecule has 0 spiro atoms. The predicted molar refractivity (Wildman–Crippen MR) is 110 cm³/mol. The van der Waals surface area contributed by atoms with E-state index in [4.69, 9.17) is 25.4 Å². The average molecular weight is 385 g/mol. The predicted octanol–water partition coefficient (Wildman–Crippen LogP) is 6.81. The Morgan fingerprint density at radius 3 is 2.24 bits per heavy atom. The van der Waals surface area contributed by atoms with Crippen LogP contribution < -0.4 is 0 Å². The number of benzene rings is 1. The number of rotatable bonds is 12. The highest BCUT2D eigenvalue weighted by atomic mass is 32.5. The van der Waals surface area contributed by atoms with Gasteiger partial charge in [0.1, 0.15) is 0 Å². The SMILES string of the molecule is CCOP(=S)(OCC)OC(CC(C)CCC=C(C)C)c1ccccc1. The van der Waals surface area contributed by atoms with Crippen LogP contribution in [0.1, 0.15) is 65.5 Å². The van der Waals surface area contributed by atoms with Gasteiger partial charge in [0.2, 0.25) is 0 Å². The topological polar surface area (TPSA) is 27.7 Å². The Kier molecular flexibility index (Phi) is 10.8. The van der Waals surface area contributed by atoms with Gasteiger partial charge in [0.25, 0.3) is 0 Å². The lowest BCUT2D eigenvalue weighted by Gasteiger charge is -2.28. The van der Waals surface area contributed by atoms with Crippen LogP contribution in [0.5, 0.6) is 0 Å². The van der Waals surface area contributed by atoms with Gasteiger partial charge in [-0.3, -0.25) is 0 Å². The maximum absolute atomic E-state index is 6.27. The van der Waals surface area contributed by atoms with E-state index in [1.807, 2.05) is 32.0 Å². The number of allylic oxidation sites excluding steroid dienone is 2. The van der Waals surface area contributed by atoms with E-state index < -0.39 is 6.72 Å². The lowest BCUT2D eigenvalue weighted by Crippen LogP contribution is -2.10. The average Bonchev–Trinajstić information content (AvgIpc) is 2.55. The molecule has 0 aromatic heterocycles. The molecule has 0 aliphatic rings. The molecule has 5 heteroatoms. The van der Waals surface area contributed by atoms with Crippen LogP contribution >= 0.6 is 6.72 Å². The lowest BCUT2D eigenvalue weighted by molar-refractivity contribution is 0.105. The van der Waals surface area contributed by atoms with Crippen LogP contribution in [-0.4, -0.2) is 13.2 Å². The van der Waals surface area contributed by atoms with Crippen LogP contribution in [0.3, 0.4) is 0 Å². The summed E-state index contributed by atoms with van der Waals surface area (Å²) in [5, 5.41) is 0. The molecule has 3 nitrogen and oxygen atoms in total. The second-order valence-electron chi connectivity index (χ2n) is 6.49. The Hall–Kier alpha value is -0.510. The van der Waals surface area contributed by atoms with Gasteiger partial charge in [0, 0.05) is 0 Å². The maximum atomic E-state index is 6.27. The van der Waals surface area contributed by atoms with Crippen molar-refractivity contribution in [2.75, 3.05) is 13.2 Å². The Labute approximate surface area is 159 Å². The van der Waals surface area contributed by atoms with Gasteiger partial charge < -0.3 is 13.6 Å². The molecule has 0 N–H and O–H groups in total. The van der Waals surface area contributed by atoms with E-state index >= 15 is 0 Å². The minimum atomic E-state index is -2.72. The third kappa shape index (κ3) is 9.12. The normalized spacial score (nSPS) is 14.1.